The number of hydrogen-bond acceptors (Lipinski definition) is 5. The second kappa shape index (κ2) is 11.5. The second-order valence-corrected chi connectivity index (χ2v) is 6.69. The summed E-state index contributed by atoms with van der Waals surface area (Å²) in [5.41, 5.74) is 1.19. The Morgan fingerprint density at radius 2 is 1.53 bits per heavy atom. The van der Waals surface area contributed by atoms with Crippen LogP contribution in [0.1, 0.15) is 35.7 Å². The van der Waals surface area contributed by atoms with Gasteiger partial charge in [0, 0.05) is 32.9 Å². The van der Waals surface area contributed by atoms with E-state index in [1.165, 1.54) is 12.1 Å². The molecule has 3 rings (SSSR count). The summed E-state index contributed by atoms with van der Waals surface area (Å²) in [6.07, 6.45) is 1.12. The molecule has 0 atom stereocenters. The van der Waals surface area contributed by atoms with Crippen LogP contribution in [-0.2, 0) is 16.1 Å². The lowest BCUT2D eigenvalue weighted by Crippen LogP contribution is -2.42. The molecule has 8 heteroatoms. The zero-order chi connectivity index (χ0) is 21.9. The van der Waals surface area contributed by atoms with Crippen molar-refractivity contribution in [3.05, 3.63) is 65.7 Å². The van der Waals surface area contributed by atoms with Crippen molar-refractivity contribution in [2.75, 3.05) is 13.1 Å². The Balaban J connectivity index is 0.000000735. The van der Waals surface area contributed by atoms with Crippen LogP contribution in [-0.4, -0.2) is 52.3 Å². The molecule has 2 N–H and O–H groups in total. The maximum Gasteiger partial charge on any atom is 0.410 e. The van der Waals surface area contributed by atoms with Gasteiger partial charge >= 0.3 is 12.1 Å². The summed E-state index contributed by atoms with van der Waals surface area (Å²) in [4.78, 5) is 33.7. The lowest BCUT2D eigenvalue weighted by Gasteiger charge is -2.31. The lowest BCUT2D eigenvalue weighted by molar-refractivity contribution is -0.134. The molecule has 2 aromatic rings. The molecular formula is C22H25NO7. The molecular weight excluding hydrogens is 390 g/mol. The van der Waals surface area contributed by atoms with Crippen LogP contribution in [0, 0.1) is 0 Å². The Kier molecular flexibility index (Phi) is 8.68. The molecule has 1 heterocycles. The van der Waals surface area contributed by atoms with Gasteiger partial charge in [-0.2, -0.15) is 0 Å². The molecule has 1 aliphatic rings. The van der Waals surface area contributed by atoms with Crippen LogP contribution in [0.4, 0.5) is 4.79 Å². The maximum atomic E-state index is 12.1. The third kappa shape index (κ3) is 7.83. The monoisotopic (exact) mass is 415 g/mol. The zero-order valence-electron chi connectivity index (χ0n) is 16.7. The van der Waals surface area contributed by atoms with Crippen LogP contribution in [0.25, 0.3) is 0 Å². The highest BCUT2D eigenvalue weighted by atomic mass is 16.6. The number of ether oxygens (including phenoxy) is 2. The molecule has 1 amide bonds. The van der Waals surface area contributed by atoms with E-state index < -0.39 is 11.9 Å². The molecule has 1 saturated heterocycles. The molecule has 8 nitrogen and oxygen atoms in total. The van der Waals surface area contributed by atoms with Crippen LogP contribution < -0.4 is 4.74 Å². The number of amides is 1. The van der Waals surface area contributed by atoms with Gasteiger partial charge in [0.25, 0.3) is 5.97 Å². The van der Waals surface area contributed by atoms with Crippen LogP contribution >= 0.6 is 0 Å². The van der Waals surface area contributed by atoms with Crippen molar-refractivity contribution in [2.45, 2.75) is 32.5 Å². The lowest BCUT2D eigenvalue weighted by atomic mass is 10.1. The van der Waals surface area contributed by atoms with E-state index >= 15 is 0 Å². The van der Waals surface area contributed by atoms with E-state index in [4.69, 9.17) is 24.5 Å². The third-order valence-electron chi connectivity index (χ3n) is 4.31. The number of carboxylic acid groups (broad SMARTS) is 2. The van der Waals surface area contributed by atoms with Gasteiger partial charge in [-0.15, -0.1) is 0 Å². The number of aliphatic carboxylic acids is 1. The molecule has 1 aliphatic heterocycles. The average Bonchev–Trinajstić information content (AvgIpc) is 2.73. The van der Waals surface area contributed by atoms with Crippen molar-refractivity contribution < 1.29 is 34.1 Å². The Labute approximate surface area is 174 Å². The molecule has 0 bridgehead atoms. The summed E-state index contributed by atoms with van der Waals surface area (Å²) in [5, 5.41) is 16.3. The second-order valence-electron chi connectivity index (χ2n) is 6.69. The van der Waals surface area contributed by atoms with E-state index in [1.54, 1.807) is 17.0 Å². The van der Waals surface area contributed by atoms with Crippen molar-refractivity contribution in [1.82, 2.24) is 4.90 Å². The van der Waals surface area contributed by atoms with E-state index in [2.05, 4.69) is 0 Å². The average molecular weight is 415 g/mol. The first-order valence-corrected chi connectivity index (χ1v) is 9.50. The van der Waals surface area contributed by atoms with Gasteiger partial charge in [0.15, 0.2) is 0 Å². The van der Waals surface area contributed by atoms with Crippen molar-refractivity contribution in [3.63, 3.8) is 0 Å². The van der Waals surface area contributed by atoms with Gasteiger partial charge in [0.2, 0.25) is 0 Å². The zero-order valence-corrected chi connectivity index (χ0v) is 16.7. The third-order valence-corrected chi connectivity index (χ3v) is 4.31. The Morgan fingerprint density at radius 1 is 0.967 bits per heavy atom. The number of likely N-dealkylation sites (tertiary alicyclic amines) is 1. The van der Waals surface area contributed by atoms with Crippen LogP contribution in [0.5, 0.6) is 5.75 Å². The highest BCUT2D eigenvalue weighted by molar-refractivity contribution is 5.87. The number of piperidine rings is 1. The first-order valence-electron chi connectivity index (χ1n) is 9.50. The van der Waals surface area contributed by atoms with Crippen LogP contribution in [0.15, 0.2) is 54.6 Å². The summed E-state index contributed by atoms with van der Waals surface area (Å²) in [5.74, 6) is -1.15. The van der Waals surface area contributed by atoms with Gasteiger partial charge in [0.05, 0.1) is 5.56 Å². The minimum Gasteiger partial charge on any atom is -0.490 e. The van der Waals surface area contributed by atoms with E-state index in [1.807, 2.05) is 30.3 Å². The number of carbonyl (C=O) groups is 3. The molecule has 0 unspecified atom stereocenters. The van der Waals surface area contributed by atoms with E-state index in [9.17, 15) is 9.59 Å². The quantitative estimate of drug-likeness (QED) is 0.766. The predicted molar refractivity (Wildman–Crippen MR) is 109 cm³/mol. The summed E-state index contributed by atoms with van der Waals surface area (Å²) in [6, 6.07) is 15.9. The first kappa shape index (κ1) is 22.7. The van der Waals surface area contributed by atoms with Gasteiger partial charge in [-0.05, 0) is 29.8 Å². The molecule has 30 heavy (non-hydrogen) atoms. The van der Waals surface area contributed by atoms with Gasteiger partial charge in [0.1, 0.15) is 18.5 Å². The standard InChI is InChI=1S/C20H21NO5.C2H4O2/c22-19(23)16-6-8-17(9-7-16)26-18-10-12-21(13-11-18)20(24)25-14-15-4-2-1-3-5-15;1-2(3)4/h1-9,18H,10-14H2,(H,22,23);1H3,(H,3,4). The van der Waals surface area contributed by atoms with Gasteiger partial charge < -0.3 is 24.6 Å². The number of benzene rings is 2. The maximum absolute atomic E-state index is 12.1. The highest BCUT2D eigenvalue weighted by Crippen LogP contribution is 2.20. The van der Waals surface area contributed by atoms with Gasteiger partial charge in [-0.25, -0.2) is 9.59 Å². The highest BCUT2D eigenvalue weighted by Gasteiger charge is 2.25. The fourth-order valence-corrected chi connectivity index (χ4v) is 2.84. The van der Waals surface area contributed by atoms with E-state index in [0.29, 0.717) is 31.7 Å². The molecule has 1 fully saturated rings. The fraction of sp³-hybridized carbons (Fsp3) is 0.318. The number of nitrogens with zero attached hydrogens (tertiary/aromatic N) is 1. The Morgan fingerprint density at radius 3 is 2.07 bits per heavy atom. The molecule has 0 radical (unpaired) electrons. The van der Waals surface area contributed by atoms with Crippen molar-refractivity contribution in [1.29, 1.82) is 0 Å². The minimum absolute atomic E-state index is 0.00357. The molecule has 2 aromatic carbocycles. The topological polar surface area (TPSA) is 113 Å². The van der Waals surface area contributed by atoms with E-state index in [0.717, 1.165) is 12.5 Å². The molecule has 0 aromatic heterocycles. The largest absolute Gasteiger partial charge is 0.490 e. The smallest absolute Gasteiger partial charge is 0.410 e. The number of carboxylic acids is 2. The minimum atomic E-state index is -0.959. The van der Waals surface area contributed by atoms with Crippen LogP contribution in [0.2, 0.25) is 0 Å². The van der Waals surface area contributed by atoms with Gasteiger partial charge in [-0.3, -0.25) is 4.79 Å². The fourth-order valence-electron chi connectivity index (χ4n) is 2.84. The number of hydrogen-bond donors (Lipinski definition) is 2. The number of carbonyl (C=O) groups excluding carboxylic acids is 1. The van der Waals surface area contributed by atoms with Crippen molar-refractivity contribution in [2.24, 2.45) is 0 Å². The Hall–Kier alpha value is -3.55. The van der Waals surface area contributed by atoms with Crippen molar-refractivity contribution in [3.8, 4) is 5.75 Å². The Bertz CT molecular complexity index is 824. The summed E-state index contributed by atoms with van der Waals surface area (Å²) in [7, 11) is 0. The normalized spacial score (nSPS) is 13.6. The molecule has 0 aliphatic carbocycles. The number of aromatic carboxylic acids is 1. The van der Waals surface area contributed by atoms with E-state index in [-0.39, 0.29) is 24.4 Å². The number of rotatable bonds is 5. The predicted octanol–water partition coefficient (Wildman–Crippen LogP) is 3.66. The summed E-state index contributed by atoms with van der Waals surface area (Å²) >= 11 is 0. The summed E-state index contributed by atoms with van der Waals surface area (Å²) in [6.45, 7) is 2.50. The van der Waals surface area contributed by atoms with Crippen LogP contribution in [0.3, 0.4) is 0 Å². The van der Waals surface area contributed by atoms with Crippen molar-refractivity contribution >= 4 is 18.0 Å². The molecule has 0 saturated carbocycles. The van der Waals surface area contributed by atoms with Gasteiger partial charge in [-0.1, -0.05) is 30.3 Å². The summed E-state index contributed by atoms with van der Waals surface area (Å²) < 4.78 is 11.2. The molecule has 160 valence electrons. The molecule has 0 spiro atoms. The SMILES string of the molecule is CC(=O)O.O=C(O)c1ccc(OC2CCN(C(=O)OCc3ccccc3)CC2)cc1. The first-order chi connectivity index (χ1) is 14.3.